The molecule has 2 nitrogen and oxygen atoms in total. The van der Waals surface area contributed by atoms with Gasteiger partial charge in [0.1, 0.15) is 0 Å². The zero-order chi connectivity index (χ0) is 26.4. The molecule has 0 bridgehead atoms. The molecule has 2 saturated carbocycles. The lowest BCUT2D eigenvalue weighted by Gasteiger charge is -2.29. The minimum absolute atomic E-state index is 0.0454. The first-order valence-corrected chi connectivity index (χ1v) is 13.4. The van der Waals surface area contributed by atoms with Crippen molar-refractivity contribution < 1.29 is 27.4 Å². The average molecular weight is 517 g/mol. The minimum Gasteiger partial charge on any atom is -0.490 e. The van der Waals surface area contributed by atoms with E-state index in [0.717, 1.165) is 19.3 Å². The Kier molecular flexibility index (Phi) is 9.47. The van der Waals surface area contributed by atoms with E-state index in [0.29, 0.717) is 62.7 Å². The van der Waals surface area contributed by atoms with Crippen molar-refractivity contribution >= 4 is 6.08 Å². The lowest BCUT2D eigenvalue weighted by Crippen LogP contribution is -2.19. The predicted molar refractivity (Wildman–Crippen MR) is 139 cm³/mol. The highest BCUT2D eigenvalue weighted by atomic mass is 19.2. The summed E-state index contributed by atoms with van der Waals surface area (Å²) in [5.74, 6) is -3.46. The summed E-state index contributed by atoms with van der Waals surface area (Å²) >= 11 is 0. The first-order chi connectivity index (χ1) is 17.9. The van der Waals surface area contributed by atoms with Gasteiger partial charge in [0.25, 0.3) is 0 Å². The van der Waals surface area contributed by atoms with Crippen molar-refractivity contribution in [1.29, 1.82) is 0 Å². The highest BCUT2D eigenvalue weighted by Crippen LogP contribution is 2.41. The third-order valence-corrected chi connectivity index (χ3v) is 7.93. The van der Waals surface area contributed by atoms with Crippen LogP contribution < -0.4 is 4.74 Å². The second-order valence-corrected chi connectivity index (χ2v) is 10.4. The number of aliphatic hydroxyl groups is 1. The second kappa shape index (κ2) is 12.8. The molecule has 0 aromatic heterocycles. The van der Waals surface area contributed by atoms with E-state index in [4.69, 9.17) is 4.74 Å². The van der Waals surface area contributed by atoms with Gasteiger partial charge >= 0.3 is 0 Å². The first-order valence-electron chi connectivity index (χ1n) is 13.4. The molecule has 0 unspecified atom stereocenters. The van der Waals surface area contributed by atoms with Gasteiger partial charge in [0.05, 0.1) is 12.7 Å². The molecule has 0 spiro atoms. The maximum absolute atomic E-state index is 15.0. The summed E-state index contributed by atoms with van der Waals surface area (Å²) in [6.07, 6.45) is 11.8. The minimum atomic E-state index is -0.991. The molecule has 2 aliphatic carbocycles. The molecule has 0 atom stereocenters. The Morgan fingerprint density at radius 1 is 0.784 bits per heavy atom. The average Bonchev–Trinajstić information content (AvgIpc) is 2.91. The predicted octanol–water partition coefficient (Wildman–Crippen LogP) is 8.59. The van der Waals surface area contributed by atoms with Crippen LogP contribution in [0.3, 0.4) is 0 Å². The molecule has 6 heteroatoms. The van der Waals surface area contributed by atoms with Gasteiger partial charge in [0.2, 0.25) is 5.82 Å². The van der Waals surface area contributed by atoms with Crippen LogP contribution in [0.2, 0.25) is 0 Å². The topological polar surface area (TPSA) is 29.5 Å². The number of benzene rings is 2. The van der Waals surface area contributed by atoms with Gasteiger partial charge in [-0.25, -0.2) is 13.2 Å². The van der Waals surface area contributed by atoms with E-state index in [2.05, 4.69) is 6.58 Å². The van der Waals surface area contributed by atoms with Crippen LogP contribution in [0.25, 0.3) is 6.08 Å². The van der Waals surface area contributed by atoms with Crippen LogP contribution in [-0.2, 0) is 0 Å². The maximum atomic E-state index is 15.0. The normalized spacial score (nSPS) is 24.4. The molecule has 4 rings (SSSR count). The number of ether oxygens (including phenoxy) is 1. The summed E-state index contributed by atoms with van der Waals surface area (Å²) < 4.78 is 64.2. The van der Waals surface area contributed by atoms with Gasteiger partial charge in [-0.3, -0.25) is 0 Å². The lowest BCUT2D eigenvalue weighted by molar-refractivity contribution is 0.122. The second-order valence-electron chi connectivity index (χ2n) is 10.4. The van der Waals surface area contributed by atoms with Crippen LogP contribution in [0.5, 0.6) is 5.75 Å². The number of allylic oxidation sites excluding steroid dienone is 2. The molecular formula is C31H36F4O2. The molecule has 0 saturated heterocycles. The van der Waals surface area contributed by atoms with Crippen molar-refractivity contribution in [2.24, 2.45) is 5.92 Å². The van der Waals surface area contributed by atoms with Gasteiger partial charge < -0.3 is 9.84 Å². The van der Waals surface area contributed by atoms with Crippen LogP contribution >= 0.6 is 0 Å². The number of hydrogen-bond donors (Lipinski definition) is 1. The summed E-state index contributed by atoms with van der Waals surface area (Å²) in [5.41, 5.74) is 1.01. The SMILES string of the molecule is C=CCCCOc1ccc(/C=C/C2CCC(c3ccc(C4CCC(O)CC4)c(F)c3F)CC2)c(F)c1F. The van der Waals surface area contributed by atoms with Gasteiger partial charge in [-0.1, -0.05) is 30.4 Å². The highest BCUT2D eigenvalue weighted by Gasteiger charge is 2.29. The molecule has 200 valence electrons. The Labute approximate surface area is 217 Å². The Bertz CT molecular complexity index is 1100. The largest absolute Gasteiger partial charge is 0.490 e. The van der Waals surface area contributed by atoms with Crippen molar-refractivity contribution in [2.75, 3.05) is 6.61 Å². The molecule has 2 aliphatic rings. The van der Waals surface area contributed by atoms with Crippen LogP contribution in [0.15, 0.2) is 43.0 Å². The Hall–Kier alpha value is -2.60. The zero-order valence-electron chi connectivity index (χ0n) is 21.2. The molecule has 37 heavy (non-hydrogen) atoms. The van der Waals surface area contributed by atoms with Gasteiger partial charge in [0, 0.05) is 5.56 Å². The van der Waals surface area contributed by atoms with Gasteiger partial charge in [-0.15, -0.1) is 6.58 Å². The zero-order valence-corrected chi connectivity index (χ0v) is 21.2. The maximum Gasteiger partial charge on any atom is 0.201 e. The molecule has 0 radical (unpaired) electrons. The summed E-state index contributed by atoms with van der Waals surface area (Å²) in [6, 6.07) is 6.42. The first kappa shape index (κ1) is 27.4. The van der Waals surface area contributed by atoms with Crippen molar-refractivity contribution in [3.8, 4) is 5.75 Å². The molecular weight excluding hydrogens is 480 g/mol. The lowest BCUT2D eigenvalue weighted by atomic mass is 9.77. The van der Waals surface area contributed by atoms with Crippen molar-refractivity contribution in [3.05, 3.63) is 83.0 Å². The molecule has 0 heterocycles. The summed E-state index contributed by atoms with van der Waals surface area (Å²) in [6.45, 7) is 3.91. The fraction of sp³-hybridized carbons (Fsp3) is 0.484. The van der Waals surface area contributed by atoms with Crippen LogP contribution in [0.1, 0.15) is 92.7 Å². The van der Waals surface area contributed by atoms with Crippen molar-refractivity contribution in [3.63, 3.8) is 0 Å². The van der Waals surface area contributed by atoms with E-state index >= 15 is 4.39 Å². The molecule has 0 amide bonds. The third kappa shape index (κ3) is 6.64. The van der Waals surface area contributed by atoms with E-state index in [-0.39, 0.29) is 35.2 Å². The van der Waals surface area contributed by atoms with Crippen molar-refractivity contribution in [2.45, 2.75) is 82.1 Å². The molecule has 0 aliphatic heterocycles. The smallest absolute Gasteiger partial charge is 0.201 e. The molecule has 1 N–H and O–H groups in total. The number of rotatable bonds is 9. The molecule has 2 aromatic carbocycles. The van der Waals surface area contributed by atoms with Gasteiger partial charge in [-0.05, 0) is 105 Å². The quantitative estimate of drug-likeness (QED) is 0.205. The third-order valence-electron chi connectivity index (χ3n) is 7.93. The van der Waals surface area contributed by atoms with Crippen LogP contribution in [0.4, 0.5) is 17.6 Å². The molecule has 2 aromatic rings. The highest BCUT2D eigenvalue weighted by molar-refractivity contribution is 5.52. The van der Waals surface area contributed by atoms with E-state index in [1.54, 1.807) is 24.3 Å². The van der Waals surface area contributed by atoms with E-state index in [1.165, 1.54) is 12.1 Å². The van der Waals surface area contributed by atoms with Crippen LogP contribution in [0, 0.1) is 29.2 Å². The molecule has 2 fully saturated rings. The Morgan fingerprint density at radius 2 is 1.38 bits per heavy atom. The van der Waals surface area contributed by atoms with Gasteiger partial charge in [-0.2, -0.15) is 4.39 Å². The van der Waals surface area contributed by atoms with Crippen LogP contribution in [-0.4, -0.2) is 17.8 Å². The number of aliphatic hydroxyl groups excluding tert-OH is 1. The Balaban J connectivity index is 1.34. The summed E-state index contributed by atoms with van der Waals surface area (Å²) in [7, 11) is 0. The van der Waals surface area contributed by atoms with E-state index in [1.807, 2.05) is 6.08 Å². The van der Waals surface area contributed by atoms with Gasteiger partial charge in [0.15, 0.2) is 23.2 Å². The number of halogens is 4. The number of unbranched alkanes of at least 4 members (excludes halogenated alkanes) is 1. The van der Waals surface area contributed by atoms with Crippen molar-refractivity contribution in [1.82, 2.24) is 0 Å². The van der Waals surface area contributed by atoms with E-state index in [9.17, 15) is 18.3 Å². The Morgan fingerprint density at radius 3 is 1.97 bits per heavy atom. The van der Waals surface area contributed by atoms with E-state index < -0.39 is 23.3 Å². The summed E-state index contributed by atoms with van der Waals surface area (Å²) in [4.78, 5) is 0. The fourth-order valence-corrected chi connectivity index (χ4v) is 5.66. The number of hydrogen-bond acceptors (Lipinski definition) is 2. The fourth-order valence-electron chi connectivity index (χ4n) is 5.66. The summed E-state index contributed by atoms with van der Waals surface area (Å²) in [5, 5.41) is 9.70. The monoisotopic (exact) mass is 516 g/mol. The standard InChI is InChI=1S/C31H36F4O2/c1-2-3-4-19-37-27-18-13-23(28(32)31(27)35)10-7-20-5-8-21(9-6-20)25-16-17-26(30(34)29(25)33)22-11-14-24(36)15-12-22/h2,7,10,13,16-18,20-22,24,36H,1,3-6,8-9,11-12,14-15,19H2/b10-7+.